The molecule has 0 radical (unpaired) electrons. The molecule has 1 aliphatic rings. The molecule has 0 aliphatic heterocycles. The second kappa shape index (κ2) is 2.80. The van der Waals surface area contributed by atoms with Gasteiger partial charge < -0.3 is 10.6 Å². The summed E-state index contributed by atoms with van der Waals surface area (Å²) in [5.41, 5.74) is 5.00. The van der Waals surface area contributed by atoms with Crippen molar-refractivity contribution in [3.8, 4) is 6.07 Å². The molecule has 1 atom stereocenters. The molecule has 1 aliphatic carbocycles. The summed E-state index contributed by atoms with van der Waals surface area (Å²) < 4.78 is 0. The van der Waals surface area contributed by atoms with Gasteiger partial charge in [0.2, 0.25) is 0 Å². The molecule has 0 aromatic heterocycles. The summed E-state index contributed by atoms with van der Waals surface area (Å²) in [6.07, 6.45) is 2.52. The first-order valence-corrected chi connectivity index (χ1v) is 3.95. The minimum atomic E-state index is -0.683. The van der Waals surface area contributed by atoms with E-state index in [0.717, 1.165) is 0 Å². The van der Waals surface area contributed by atoms with Crippen molar-refractivity contribution in [3.05, 3.63) is 0 Å². The monoisotopic (exact) mass is 153 g/mol. The first kappa shape index (κ1) is 8.51. The van der Waals surface area contributed by atoms with Gasteiger partial charge in [0.05, 0.1) is 6.07 Å². The van der Waals surface area contributed by atoms with Gasteiger partial charge in [0.15, 0.2) is 0 Å². The number of hydrogen-bond donors (Lipinski definition) is 1. The highest BCUT2D eigenvalue weighted by Gasteiger charge is 2.30. The predicted molar refractivity (Wildman–Crippen MR) is 43.9 cm³/mol. The maximum atomic E-state index is 8.64. The van der Waals surface area contributed by atoms with E-state index >= 15 is 0 Å². The highest BCUT2D eigenvalue weighted by molar-refractivity contribution is 5.04. The molecule has 2 N–H and O–H groups in total. The van der Waals surface area contributed by atoms with Gasteiger partial charge in [-0.1, -0.05) is 0 Å². The van der Waals surface area contributed by atoms with Crippen molar-refractivity contribution in [1.29, 1.82) is 5.26 Å². The van der Waals surface area contributed by atoms with Crippen LogP contribution < -0.4 is 5.73 Å². The lowest BCUT2D eigenvalue weighted by molar-refractivity contribution is 0.280. The predicted octanol–water partition coefficient (Wildman–Crippen LogP) is 0.322. The van der Waals surface area contributed by atoms with Gasteiger partial charge in [-0.2, -0.15) is 5.26 Å². The molecule has 1 rings (SSSR count). The normalized spacial score (nSPS) is 22.8. The van der Waals surface area contributed by atoms with Crippen molar-refractivity contribution in [2.75, 3.05) is 13.6 Å². The van der Waals surface area contributed by atoms with Crippen LogP contribution in [0.5, 0.6) is 0 Å². The molecule has 0 aromatic carbocycles. The van der Waals surface area contributed by atoms with Crippen LogP contribution in [0.1, 0.15) is 19.8 Å². The molecule has 3 nitrogen and oxygen atoms in total. The van der Waals surface area contributed by atoms with Gasteiger partial charge >= 0.3 is 0 Å². The van der Waals surface area contributed by atoms with E-state index < -0.39 is 5.54 Å². The van der Waals surface area contributed by atoms with Gasteiger partial charge in [0, 0.05) is 12.6 Å². The number of nitrogens with zero attached hydrogens (tertiary/aromatic N) is 2. The number of nitriles is 1. The zero-order valence-electron chi connectivity index (χ0n) is 7.17. The Hall–Kier alpha value is -0.590. The fourth-order valence-electron chi connectivity index (χ4n) is 1.20. The van der Waals surface area contributed by atoms with Crippen molar-refractivity contribution >= 4 is 0 Å². The maximum absolute atomic E-state index is 8.64. The Morgan fingerprint density at radius 3 is 2.64 bits per heavy atom. The lowest BCUT2D eigenvalue weighted by atomic mass is 10.1. The fourth-order valence-corrected chi connectivity index (χ4v) is 1.20. The summed E-state index contributed by atoms with van der Waals surface area (Å²) in [7, 11) is 2.03. The summed E-state index contributed by atoms with van der Waals surface area (Å²) >= 11 is 0. The molecule has 1 saturated carbocycles. The van der Waals surface area contributed by atoms with E-state index in [1.54, 1.807) is 6.92 Å². The fraction of sp³-hybridized carbons (Fsp3) is 0.875. The van der Waals surface area contributed by atoms with E-state index in [1.807, 2.05) is 7.05 Å². The summed E-state index contributed by atoms with van der Waals surface area (Å²) in [5.74, 6) is 0. The molecule has 3 heteroatoms. The van der Waals surface area contributed by atoms with E-state index in [1.165, 1.54) is 12.8 Å². The zero-order valence-corrected chi connectivity index (χ0v) is 7.17. The van der Waals surface area contributed by atoms with E-state index in [4.69, 9.17) is 11.0 Å². The lowest BCUT2D eigenvalue weighted by Gasteiger charge is -2.23. The minimum absolute atomic E-state index is 0.675. The molecule has 1 unspecified atom stereocenters. The number of hydrogen-bond acceptors (Lipinski definition) is 3. The summed E-state index contributed by atoms with van der Waals surface area (Å²) in [4.78, 5) is 2.17. The molecule has 11 heavy (non-hydrogen) atoms. The van der Waals surface area contributed by atoms with Crippen LogP contribution in [0.15, 0.2) is 0 Å². The van der Waals surface area contributed by atoms with Crippen LogP contribution >= 0.6 is 0 Å². The first-order chi connectivity index (χ1) is 5.05. The Bertz CT molecular complexity index is 176. The van der Waals surface area contributed by atoms with Gasteiger partial charge in [-0.3, -0.25) is 0 Å². The topological polar surface area (TPSA) is 53.0 Å². The van der Waals surface area contributed by atoms with Crippen molar-refractivity contribution in [2.24, 2.45) is 5.73 Å². The lowest BCUT2D eigenvalue weighted by Crippen LogP contribution is -2.46. The second-order valence-electron chi connectivity index (χ2n) is 3.68. The van der Waals surface area contributed by atoms with Gasteiger partial charge in [-0.25, -0.2) is 0 Å². The highest BCUT2D eigenvalue weighted by Crippen LogP contribution is 2.25. The third-order valence-electron chi connectivity index (χ3n) is 2.00. The molecule has 0 spiro atoms. The Morgan fingerprint density at radius 1 is 1.73 bits per heavy atom. The maximum Gasteiger partial charge on any atom is 0.114 e. The van der Waals surface area contributed by atoms with Crippen LogP contribution in [-0.4, -0.2) is 30.1 Å². The third kappa shape index (κ3) is 2.49. The third-order valence-corrected chi connectivity index (χ3v) is 2.00. The van der Waals surface area contributed by atoms with E-state index in [9.17, 15) is 0 Å². The van der Waals surface area contributed by atoms with Gasteiger partial charge in [-0.15, -0.1) is 0 Å². The smallest absolute Gasteiger partial charge is 0.114 e. The van der Waals surface area contributed by atoms with E-state index in [2.05, 4.69) is 11.0 Å². The van der Waals surface area contributed by atoms with Crippen LogP contribution in [0.25, 0.3) is 0 Å². The molecule has 0 aromatic rings. The summed E-state index contributed by atoms with van der Waals surface area (Å²) in [6.45, 7) is 2.44. The molecule has 62 valence electrons. The second-order valence-corrected chi connectivity index (χ2v) is 3.68. The average Bonchev–Trinajstić information content (AvgIpc) is 2.67. The molecule has 0 heterocycles. The summed E-state index contributed by atoms with van der Waals surface area (Å²) in [5, 5.41) is 8.64. The standard InChI is InChI=1S/C8H15N3/c1-8(10,5-9)6-11(2)7-3-4-7/h7H,3-4,6,10H2,1-2H3. The molecule has 0 saturated heterocycles. The highest BCUT2D eigenvalue weighted by atomic mass is 15.2. The van der Waals surface area contributed by atoms with Crippen LogP contribution in [0, 0.1) is 11.3 Å². The first-order valence-electron chi connectivity index (χ1n) is 3.95. The zero-order chi connectivity index (χ0) is 8.48. The average molecular weight is 153 g/mol. The van der Waals surface area contributed by atoms with Gasteiger partial charge in [-0.05, 0) is 26.8 Å². The minimum Gasteiger partial charge on any atom is -0.313 e. The Labute approximate surface area is 67.8 Å². The molecular weight excluding hydrogens is 138 g/mol. The van der Waals surface area contributed by atoms with Crippen molar-refractivity contribution < 1.29 is 0 Å². The molecular formula is C8H15N3. The van der Waals surface area contributed by atoms with Crippen molar-refractivity contribution in [3.63, 3.8) is 0 Å². The van der Waals surface area contributed by atoms with Crippen LogP contribution in [0.2, 0.25) is 0 Å². The van der Waals surface area contributed by atoms with Crippen LogP contribution in [0.3, 0.4) is 0 Å². The summed E-state index contributed by atoms with van der Waals surface area (Å²) in [6, 6.07) is 2.78. The van der Waals surface area contributed by atoms with E-state index in [-0.39, 0.29) is 0 Å². The van der Waals surface area contributed by atoms with Crippen LogP contribution in [0.4, 0.5) is 0 Å². The molecule has 0 amide bonds. The SMILES string of the molecule is CN(CC(C)(N)C#N)C1CC1. The quantitative estimate of drug-likeness (QED) is 0.635. The van der Waals surface area contributed by atoms with Gasteiger partial charge in [0.25, 0.3) is 0 Å². The number of rotatable bonds is 3. The van der Waals surface area contributed by atoms with Gasteiger partial charge in [0.1, 0.15) is 5.54 Å². The largest absolute Gasteiger partial charge is 0.313 e. The molecule has 1 fully saturated rings. The Kier molecular flexibility index (Phi) is 2.17. The molecule has 0 bridgehead atoms. The Morgan fingerprint density at radius 2 is 2.27 bits per heavy atom. The van der Waals surface area contributed by atoms with E-state index in [0.29, 0.717) is 12.6 Å². The van der Waals surface area contributed by atoms with Crippen molar-refractivity contribution in [2.45, 2.75) is 31.3 Å². The number of nitrogens with two attached hydrogens (primary N) is 1. The number of likely N-dealkylation sites (N-methyl/N-ethyl adjacent to an activating group) is 1. The van der Waals surface area contributed by atoms with Crippen LogP contribution in [-0.2, 0) is 0 Å². The Balaban J connectivity index is 2.34. The van der Waals surface area contributed by atoms with Crippen molar-refractivity contribution in [1.82, 2.24) is 4.90 Å².